The molecule has 1 unspecified atom stereocenters. The van der Waals surface area contributed by atoms with Crippen LogP contribution in [0.15, 0.2) is 0 Å². The monoisotopic (exact) mass is 208 g/mol. The molecule has 0 saturated heterocycles. The van der Waals surface area contributed by atoms with Crippen LogP contribution in [0, 0.1) is 5.92 Å². The zero-order valence-corrected chi connectivity index (χ0v) is 6.38. The highest BCUT2D eigenvalue weighted by Gasteiger charge is 2.74. The van der Waals surface area contributed by atoms with E-state index in [4.69, 9.17) is 5.11 Å². The van der Waals surface area contributed by atoms with E-state index < -0.39 is 30.2 Å². The number of hydrogen-bond donors (Lipinski definition) is 1. The van der Waals surface area contributed by atoms with Gasteiger partial charge in [0, 0.05) is 6.42 Å². The van der Waals surface area contributed by atoms with Gasteiger partial charge in [0.2, 0.25) is 0 Å². The SMILES string of the molecule is Cl.O=C(O)C1CC(F)(F)C1(F)F. The summed E-state index contributed by atoms with van der Waals surface area (Å²) in [4.78, 5) is 9.87. The van der Waals surface area contributed by atoms with Gasteiger partial charge in [-0.2, -0.15) is 17.6 Å². The molecule has 7 heteroatoms. The highest BCUT2D eigenvalue weighted by Crippen LogP contribution is 2.55. The molecule has 0 spiro atoms. The van der Waals surface area contributed by atoms with E-state index in [0.29, 0.717) is 0 Å². The van der Waals surface area contributed by atoms with Gasteiger partial charge in [-0.25, -0.2) is 0 Å². The van der Waals surface area contributed by atoms with Crippen LogP contribution in [0.5, 0.6) is 0 Å². The Morgan fingerprint density at radius 3 is 1.83 bits per heavy atom. The lowest BCUT2D eigenvalue weighted by molar-refractivity contribution is -0.309. The van der Waals surface area contributed by atoms with Crippen LogP contribution in [-0.2, 0) is 4.79 Å². The summed E-state index contributed by atoms with van der Waals surface area (Å²) >= 11 is 0. The minimum atomic E-state index is -4.38. The zero-order chi connectivity index (χ0) is 8.86. The van der Waals surface area contributed by atoms with Crippen molar-refractivity contribution in [2.45, 2.75) is 18.3 Å². The average Bonchev–Trinajstić information content (AvgIpc) is 1.82. The van der Waals surface area contributed by atoms with Crippen molar-refractivity contribution in [3.63, 3.8) is 0 Å². The van der Waals surface area contributed by atoms with Crippen molar-refractivity contribution in [3.8, 4) is 0 Å². The second-order valence-corrected chi connectivity index (χ2v) is 2.42. The first-order valence-corrected chi connectivity index (χ1v) is 2.77. The minimum absolute atomic E-state index is 0. The highest BCUT2D eigenvalue weighted by atomic mass is 35.5. The zero-order valence-electron chi connectivity index (χ0n) is 5.56. The Hall–Kier alpha value is -0.520. The van der Waals surface area contributed by atoms with Crippen LogP contribution in [0.4, 0.5) is 17.6 Å². The van der Waals surface area contributed by atoms with Crippen molar-refractivity contribution < 1.29 is 27.5 Å². The molecular weight excluding hydrogens is 203 g/mol. The molecule has 2 nitrogen and oxygen atoms in total. The molecule has 0 aliphatic heterocycles. The summed E-state index contributed by atoms with van der Waals surface area (Å²) in [5.74, 6) is -12.6. The van der Waals surface area contributed by atoms with Gasteiger partial charge in [-0.1, -0.05) is 0 Å². The molecule has 1 rings (SSSR count). The third kappa shape index (κ3) is 1.24. The van der Waals surface area contributed by atoms with E-state index in [-0.39, 0.29) is 12.4 Å². The van der Waals surface area contributed by atoms with Crippen molar-refractivity contribution in [2.75, 3.05) is 0 Å². The lowest BCUT2D eigenvalue weighted by Gasteiger charge is -2.41. The summed E-state index contributed by atoms with van der Waals surface area (Å²) in [7, 11) is 0. The van der Waals surface area contributed by atoms with Crippen molar-refractivity contribution in [3.05, 3.63) is 0 Å². The largest absolute Gasteiger partial charge is 0.481 e. The van der Waals surface area contributed by atoms with Gasteiger partial charge < -0.3 is 5.11 Å². The Labute approximate surface area is 71.0 Å². The molecule has 1 fully saturated rings. The van der Waals surface area contributed by atoms with Crippen molar-refractivity contribution in [1.29, 1.82) is 0 Å². The fourth-order valence-electron chi connectivity index (χ4n) is 0.887. The molecule has 1 aliphatic carbocycles. The molecule has 0 aromatic rings. The topological polar surface area (TPSA) is 37.3 Å². The molecule has 0 radical (unpaired) electrons. The number of hydrogen-bond acceptors (Lipinski definition) is 1. The lowest BCUT2D eigenvalue weighted by Crippen LogP contribution is -2.61. The number of aliphatic carboxylic acids is 1. The van der Waals surface area contributed by atoms with Crippen molar-refractivity contribution >= 4 is 18.4 Å². The number of carboxylic acids is 1. The molecule has 1 N–H and O–H groups in total. The van der Waals surface area contributed by atoms with E-state index in [1.165, 1.54) is 0 Å². The minimum Gasteiger partial charge on any atom is -0.481 e. The fraction of sp³-hybridized carbons (Fsp3) is 0.800. The van der Waals surface area contributed by atoms with Crippen LogP contribution in [0.2, 0.25) is 0 Å². The van der Waals surface area contributed by atoms with Crippen LogP contribution < -0.4 is 0 Å². The smallest absolute Gasteiger partial charge is 0.323 e. The number of alkyl halides is 4. The van der Waals surface area contributed by atoms with Gasteiger partial charge in [-0.15, -0.1) is 12.4 Å². The number of rotatable bonds is 1. The molecule has 1 saturated carbocycles. The Morgan fingerprint density at radius 2 is 1.75 bits per heavy atom. The van der Waals surface area contributed by atoms with Crippen molar-refractivity contribution in [1.82, 2.24) is 0 Å². The van der Waals surface area contributed by atoms with Gasteiger partial charge in [-0.3, -0.25) is 4.79 Å². The van der Waals surface area contributed by atoms with E-state index in [9.17, 15) is 22.4 Å². The second-order valence-electron chi connectivity index (χ2n) is 2.42. The summed E-state index contributed by atoms with van der Waals surface area (Å²) in [6.07, 6.45) is -1.27. The van der Waals surface area contributed by atoms with Crippen LogP contribution in [0.25, 0.3) is 0 Å². The van der Waals surface area contributed by atoms with E-state index in [1.807, 2.05) is 0 Å². The molecule has 12 heavy (non-hydrogen) atoms. The van der Waals surface area contributed by atoms with Crippen molar-refractivity contribution in [2.24, 2.45) is 5.92 Å². The van der Waals surface area contributed by atoms with E-state index in [2.05, 4.69) is 0 Å². The van der Waals surface area contributed by atoms with E-state index >= 15 is 0 Å². The Balaban J connectivity index is 0.00000121. The summed E-state index contributed by atoms with van der Waals surface area (Å²) in [6.45, 7) is 0. The molecule has 0 aromatic heterocycles. The third-order valence-corrected chi connectivity index (χ3v) is 1.68. The quantitative estimate of drug-likeness (QED) is 0.667. The predicted octanol–water partition coefficient (Wildman–Crippen LogP) is 1.78. The van der Waals surface area contributed by atoms with Crippen LogP contribution in [0.3, 0.4) is 0 Å². The van der Waals surface area contributed by atoms with Gasteiger partial charge in [0.1, 0.15) is 5.92 Å². The summed E-state index contributed by atoms with van der Waals surface area (Å²) in [5.41, 5.74) is 0. The van der Waals surface area contributed by atoms with Gasteiger partial charge >= 0.3 is 17.8 Å². The maximum atomic E-state index is 12.1. The molecule has 0 bridgehead atoms. The second kappa shape index (κ2) is 2.76. The maximum absolute atomic E-state index is 12.1. The number of carboxylic acid groups (broad SMARTS) is 1. The van der Waals surface area contributed by atoms with E-state index in [0.717, 1.165) is 0 Å². The molecular formula is C5H5ClF4O2. The highest BCUT2D eigenvalue weighted by molar-refractivity contribution is 5.85. The summed E-state index contributed by atoms with van der Waals surface area (Å²) in [5, 5.41) is 7.99. The molecule has 0 aromatic carbocycles. The van der Waals surface area contributed by atoms with Crippen LogP contribution in [0.1, 0.15) is 6.42 Å². The third-order valence-electron chi connectivity index (χ3n) is 1.68. The standard InChI is InChI=1S/C5H4F4O2.ClH/c6-4(7)1-2(3(10)11)5(4,8)9;/h2H,1H2,(H,10,11);1H. The Morgan fingerprint density at radius 1 is 1.33 bits per heavy atom. The van der Waals surface area contributed by atoms with Gasteiger partial charge in [-0.05, 0) is 0 Å². The lowest BCUT2D eigenvalue weighted by atomic mass is 9.77. The van der Waals surface area contributed by atoms with Crippen LogP contribution in [-0.4, -0.2) is 22.9 Å². The predicted molar refractivity (Wildman–Crippen MR) is 32.9 cm³/mol. The van der Waals surface area contributed by atoms with Gasteiger partial charge in [0.25, 0.3) is 0 Å². The first-order valence-electron chi connectivity index (χ1n) is 2.77. The molecule has 1 aliphatic rings. The first kappa shape index (κ1) is 11.5. The maximum Gasteiger partial charge on any atom is 0.323 e. The number of carbonyl (C=O) groups is 1. The Kier molecular flexibility index (Phi) is 2.64. The molecule has 0 amide bonds. The molecule has 1 atom stereocenters. The molecule has 72 valence electrons. The summed E-state index contributed by atoms with van der Waals surface area (Å²) < 4.78 is 48.0. The number of halogens is 5. The fourth-order valence-corrected chi connectivity index (χ4v) is 0.887. The molecule has 0 heterocycles. The average molecular weight is 209 g/mol. The van der Waals surface area contributed by atoms with Gasteiger partial charge in [0.15, 0.2) is 0 Å². The van der Waals surface area contributed by atoms with Crippen LogP contribution >= 0.6 is 12.4 Å². The Bertz CT molecular complexity index is 206. The normalized spacial score (nSPS) is 29.8. The first-order chi connectivity index (χ1) is 4.79. The van der Waals surface area contributed by atoms with E-state index in [1.54, 1.807) is 0 Å². The van der Waals surface area contributed by atoms with Gasteiger partial charge in [0.05, 0.1) is 0 Å². The summed E-state index contributed by atoms with van der Waals surface area (Å²) in [6, 6.07) is 0.